The number of nitrogens with one attached hydrogen (secondary N) is 3. The van der Waals surface area contributed by atoms with Crippen molar-refractivity contribution in [3.63, 3.8) is 0 Å². The summed E-state index contributed by atoms with van der Waals surface area (Å²) in [5.41, 5.74) is 1.86. The predicted molar refractivity (Wildman–Crippen MR) is 132 cm³/mol. The van der Waals surface area contributed by atoms with Crippen molar-refractivity contribution in [3.8, 4) is 0 Å². The Bertz CT molecular complexity index is 986. The highest BCUT2D eigenvalue weighted by molar-refractivity contribution is 5.94. The van der Waals surface area contributed by atoms with Gasteiger partial charge in [-0.3, -0.25) is 9.69 Å². The molecule has 5 rings (SSSR count). The predicted octanol–water partition coefficient (Wildman–Crippen LogP) is 2.71. The first-order valence-electron chi connectivity index (χ1n) is 12.6. The van der Waals surface area contributed by atoms with Crippen molar-refractivity contribution >= 4 is 5.91 Å². The lowest BCUT2D eigenvalue weighted by Crippen LogP contribution is -2.47. The number of carbonyl (C=O) groups excluding carboxylic acids is 1. The number of ether oxygens (including phenoxy) is 1. The molecule has 3 N–H and O–H groups in total. The van der Waals surface area contributed by atoms with Gasteiger partial charge in [-0.15, -0.1) is 0 Å². The maximum Gasteiger partial charge on any atom is 0.254 e. The molecule has 1 aromatic carbocycles. The Hall–Kier alpha value is -3.01. The molecule has 1 amide bonds. The molecule has 35 heavy (non-hydrogen) atoms. The highest BCUT2D eigenvalue weighted by Crippen LogP contribution is 2.24. The molecule has 186 valence electrons. The molecular weight excluding hydrogens is 442 g/mol. The SMILES string of the molecule is O=C(c1ccc(CN[C@H]2CC[C@H](N3CCOCC3)CC2)cc1)N(Cc1ncc[nH]1)Cc1ncc[nH]1. The summed E-state index contributed by atoms with van der Waals surface area (Å²) in [4.78, 5) is 32.4. The second-order valence-electron chi connectivity index (χ2n) is 9.46. The Balaban J connectivity index is 1.13. The minimum Gasteiger partial charge on any atom is -0.379 e. The Labute approximate surface area is 206 Å². The summed E-state index contributed by atoms with van der Waals surface area (Å²) in [6, 6.07) is 9.23. The van der Waals surface area contributed by atoms with E-state index in [1.54, 1.807) is 29.7 Å². The minimum atomic E-state index is -0.0428. The normalized spacial score (nSPS) is 21.1. The van der Waals surface area contributed by atoms with Crippen molar-refractivity contribution in [2.75, 3.05) is 26.3 Å². The van der Waals surface area contributed by atoms with Crippen LogP contribution in [0.2, 0.25) is 0 Å². The van der Waals surface area contributed by atoms with E-state index in [9.17, 15) is 4.79 Å². The fraction of sp³-hybridized carbons (Fsp3) is 0.500. The van der Waals surface area contributed by atoms with Crippen molar-refractivity contribution in [2.24, 2.45) is 0 Å². The number of imidazole rings is 2. The molecule has 2 fully saturated rings. The lowest BCUT2D eigenvalue weighted by molar-refractivity contribution is 0.00652. The van der Waals surface area contributed by atoms with Crippen molar-refractivity contribution in [2.45, 2.75) is 57.4 Å². The number of amides is 1. The summed E-state index contributed by atoms with van der Waals surface area (Å²) in [6.45, 7) is 5.51. The Kier molecular flexibility index (Phi) is 7.87. The van der Waals surface area contributed by atoms with Gasteiger partial charge < -0.3 is 24.9 Å². The topological polar surface area (TPSA) is 102 Å². The average molecular weight is 478 g/mol. The number of nitrogens with zero attached hydrogens (tertiary/aromatic N) is 4. The first-order chi connectivity index (χ1) is 17.2. The molecule has 3 heterocycles. The first kappa shape index (κ1) is 23.7. The van der Waals surface area contributed by atoms with Gasteiger partial charge in [0.05, 0.1) is 26.3 Å². The molecule has 9 heteroatoms. The zero-order valence-corrected chi connectivity index (χ0v) is 20.2. The average Bonchev–Trinajstić information content (AvgIpc) is 3.63. The lowest BCUT2D eigenvalue weighted by Gasteiger charge is -2.39. The fourth-order valence-electron chi connectivity index (χ4n) is 5.13. The molecule has 1 saturated heterocycles. The van der Waals surface area contributed by atoms with Gasteiger partial charge in [-0.25, -0.2) is 9.97 Å². The van der Waals surface area contributed by atoms with Crippen LogP contribution in [0.4, 0.5) is 0 Å². The summed E-state index contributed by atoms with van der Waals surface area (Å²) in [7, 11) is 0. The van der Waals surface area contributed by atoms with Crippen LogP contribution in [0.1, 0.15) is 53.3 Å². The van der Waals surface area contributed by atoms with Crippen LogP contribution in [0.5, 0.6) is 0 Å². The number of rotatable bonds is 9. The molecule has 0 atom stereocenters. The van der Waals surface area contributed by atoms with Crippen molar-refractivity contribution in [1.82, 2.24) is 35.1 Å². The minimum absolute atomic E-state index is 0.0428. The van der Waals surface area contributed by atoms with E-state index in [2.05, 4.69) is 42.3 Å². The van der Waals surface area contributed by atoms with E-state index in [1.807, 2.05) is 12.1 Å². The van der Waals surface area contributed by atoms with Crippen molar-refractivity contribution in [1.29, 1.82) is 0 Å². The number of hydrogen-bond acceptors (Lipinski definition) is 6. The van der Waals surface area contributed by atoms with Gasteiger partial charge in [0.25, 0.3) is 5.91 Å². The molecule has 3 aromatic rings. The van der Waals surface area contributed by atoms with E-state index in [0.29, 0.717) is 30.7 Å². The van der Waals surface area contributed by atoms with Gasteiger partial charge in [-0.05, 0) is 43.4 Å². The molecular formula is C26H35N7O2. The summed E-state index contributed by atoms with van der Waals surface area (Å²) in [6.07, 6.45) is 11.9. The van der Waals surface area contributed by atoms with Gasteiger partial charge in [0.1, 0.15) is 11.6 Å². The van der Waals surface area contributed by atoms with Crippen molar-refractivity contribution in [3.05, 3.63) is 71.8 Å². The summed E-state index contributed by atoms with van der Waals surface area (Å²) in [5.74, 6) is 1.45. The van der Waals surface area contributed by atoms with Crippen LogP contribution in [0.25, 0.3) is 0 Å². The third-order valence-electron chi connectivity index (χ3n) is 7.13. The number of morpholine rings is 1. The van der Waals surface area contributed by atoms with E-state index in [-0.39, 0.29) is 5.91 Å². The molecule has 2 aliphatic rings. The van der Waals surface area contributed by atoms with E-state index < -0.39 is 0 Å². The molecule has 1 aliphatic heterocycles. The molecule has 1 saturated carbocycles. The van der Waals surface area contributed by atoms with Crippen LogP contribution >= 0.6 is 0 Å². The molecule has 2 aromatic heterocycles. The van der Waals surface area contributed by atoms with Gasteiger partial charge in [-0.1, -0.05) is 12.1 Å². The highest BCUT2D eigenvalue weighted by atomic mass is 16.5. The fourth-order valence-corrected chi connectivity index (χ4v) is 5.13. The lowest BCUT2D eigenvalue weighted by atomic mass is 9.90. The van der Waals surface area contributed by atoms with E-state index in [0.717, 1.165) is 44.5 Å². The number of carbonyl (C=O) groups is 1. The number of hydrogen-bond donors (Lipinski definition) is 3. The second-order valence-corrected chi connectivity index (χ2v) is 9.46. The maximum atomic E-state index is 13.3. The summed E-state index contributed by atoms with van der Waals surface area (Å²) >= 11 is 0. The Morgan fingerprint density at radius 1 is 0.971 bits per heavy atom. The monoisotopic (exact) mass is 477 g/mol. The van der Waals surface area contributed by atoms with Gasteiger partial charge in [0.15, 0.2) is 0 Å². The number of aromatic amines is 2. The molecule has 9 nitrogen and oxygen atoms in total. The second kappa shape index (κ2) is 11.6. The summed E-state index contributed by atoms with van der Waals surface area (Å²) < 4.78 is 5.50. The molecule has 0 radical (unpaired) electrons. The molecule has 0 unspecified atom stereocenters. The number of H-pyrrole nitrogens is 2. The number of benzene rings is 1. The largest absolute Gasteiger partial charge is 0.379 e. The quantitative estimate of drug-likeness (QED) is 0.438. The van der Waals surface area contributed by atoms with Crippen LogP contribution in [0.15, 0.2) is 49.1 Å². The summed E-state index contributed by atoms with van der Waals surface area (Å²) in [5, 5.41) is 3.73. The van der Waals surface area contributed by atoms with Crippen LogP contribution in [0.3, 0.4) is 0 Å². The standard InChI is InChI=1S/C26H35N7O2/c34-26(33(18-24-27-9-10-28-24)19-25-29-11-12-30-25)21-3-1-20(2-4-21)17-31-22-5-7-23(8-6-22)32-13-15-35-16-14-32/h1-4,9-12,22-23,31H,5-8,13-19H2,(H,27,28)(H,29,30)/t22-,23-. The zero-order valence-electron chi connectivity index (χ0n) is 20.2. The van der Waals surface area contributed by atoms with E-state index >= 15 is 0 Å². The van der Waals surface area contributed by atoms with Gasteiger partial charge in [0, 0.05) is 62.1 Å². The Morgan fingerprint density at radius 2 is 1.60 bits per heavy atom. The zero-order chi connectivity index (χ0) is 23.9. The van der Waals surface area contributed by atoms with Gasteiger partial charge in [0.2, 0.25) is 0 Å². The van der Waals surface area contributed by atoms with Crippen LogP contribution < -0.4 is 5.32 Å². The molecule has 0 bridgehead atoms. The number of aromatic nitrogens is 4. The Morgan fingerprint density at radius 3 is 2.17 bits per heavy atom. The smallest absolute Gasteiger partial charge is 0.254 e. The van der Waals surface area contributed by atoms with Crippen LogP contribution in [0, 0.1) is 0 Å². The molecule has 1 aliphatic carbocycles. The van der Waals surface area contributed by atoms with Crippen molar-refractivity contribution < 1.29 is 9.53 Å². The van der Waals surface area contributed by atoms with E-state index in [1.165, 1.54) is 31.2 Å². The van der Waals surface area contributed by atoms with Crippen LogP contribution in [-0.2, 0) is 24.4 Å². The first-order valence-corrected chi connectivity index (χ1v) is 12.6. The molecule has 0 spiro atoms. The van der Waals surface area contributed by atoms with Gasteiger partial charge in [-0.2, -0.15) is 0 Å². The maximum absolute atomic E-state index is 13.3. The highest BCUT2D eigenvalue weighted by Gasteiger charge is 2.26. The van der Waals surface area contributed by atoms with Crippen LogP contribution in [-0.4, -0.2) is 74.0 Å². The van der Waals surface area contributed by atoms with Gasteiger partial charge >= 0.3 is 0 Å². The third-order valence-corrected chi connectivity index (χ3v) is 7.13. The third kappa shape index (κ3) is 6.36. The van der Waals surface area contributed by atoms with E-state index in [4.69, 9.17) is 4.74 Å².